The summed E-state index contributed by atoms with van der Waals surface area (Å²) < 4.78 is 0. The predicted octanol–water partition coefficient (Wildman–Crippen LogP) is 1.13. The zero-order valence-electron chi connectivity index (χ0n) is 9.16. The highest BCUT2D eigenvalue weighted by Gasteiger charge is 2.26. The van der Waals surface area contributed by atoms with Crippen molar-refractivity contribution in [2.24, 2.45) is 0 Å². The number of rotatable bonds is 2. The minimum absolute atomic E-state index is 0.0775. The Morgan fingerprint density at radius 1 is 1.47 bits per heavy atom. The number of aromatic amines is 1. The van der Waals surface area contributed by atoms with Crippen LogP contribution in [0.25, 0.3) is 0 Å². The molecule has 1 heterocycles. The normalized spacial score (nSPS) is 16.9. The Morgan fingerprint density at radius 2 is 2.13 bits per heavy atom. The van der Waals surface area contributed by atoms with Crippen LogP contribution in [-0.2, 0) is 0 Å². The molecule has 0 unspecified atom stereocenters. The summed E-state index contributed by atoms with van der Waals surface area (Å²) in [4.78, 5) is 17.7. The van der Waals surface area contributed by atoms with E-state index in [1.54, 1.807) is 11.8 Å². The SMILES string of the molecule is Cc1nc(C(=O)N(C)C2CCCC2)n[nH]1. The van der Waals surface area contributed by atoms with E-state index in [0.29, 0.717) is 11.9 Å². The van der Waals surface area contributed by atoms with Gasteiger partial charge in [-0.2, -0.15) is 0 Å². The highest BCUT2D eigenvalue weighted by atomic mass is 16.2. The van der Waals surface area contributed by atoms with Gasteiger partial charge in [-0.1, -0.05) is 12.8 Å². The molecule has 1 N–H and O–H groups in total. The predicted molar refractivity (Wildman–Crippen MR) is 55.5 cm³/mol. The smallest absolute Gasteiger partial charge is 0.293 e. The first-order chi connectivity index (χ1) is 7.18. The van der Waals surface area contributed by atoms with Crippen LogP contribution < -0.4 is 0 Å². The Bertz CT molecular complexity index is 354. The molecular weight excluding hydrogens is 192 g/mol. The molecule has 1 aromatic rings. The van der Waals surface area contributed by atoms with E-state index >= 15 is 0 Å². The summed E-state index contributed by atoms with van der Waals surface area (Å²) in [7, 11) is 1.84. The monoisotopic (exact) mass is 208 g/mol. The van der Waals surface area contributed by atoms with Crippen molar-refractivity contribution in [2.45, 2.75) is 38.6 Å². The molecule has 0 spiro atoms. The van der Waals surface area contributed by atoms with E-state index in [0.717, 1.165) is 12.8 Å². The average Bonchev–Trinajstić information content (AvgIpc) is 2.85. The number of H-pyrrole nitrogens is 1. The van der Waals surface area contributed by atoms with Crippen LogP contribution in [0, 0.1) is 6.92 Å². The van der Waals surface area contributed by atoms with Gasteiger partial charge in [0.05, 0.1) is 0 Å². The molecular formula is C10H16N4O. The van der Waals surface area contributed by atoms with Gasteiger partial charge in [0.25, 0.3) is 5.91 Å². The van der Waals surface area contributed by atoms with Crippen molar-refractivity contribution in [1.82, 2.24) is 20.1 Å². The Labute approximate surface area is 88.9 Å². The molecule has 5 heteroatoms. The molecule has 1 aliphatic carbocycles. The molecule has 15 heavy (non-hydrogen) atoms. The lowest BCUT2D eigenvalue weighted by Crippen LogP contribution is -2.35. The second kappa shape index (κ2) is 4.00. The summed E-state index contributed by atoms with van der Waals surface area (Å²) in [6, 6.07) is 0.372. The third-order valence-electron chi connectivity index (χ3n) is 2.98. The fraction of sp³-hybridized carbons (Fsp3) is 0.700. The van der Waals surface area contributed by atoms with Gasteiger partial charge in [-0.3, -0.25) is 9.89 Å². The molecule has 1 aliphatic rings. The van der Waals surface area contributed by atoms with Crippen LogP contribution in [0.15, 0.2) is 0 Å². The molecule has 1 saturated carbocycles. The molecule has 0 aromatic carbocycles. The van der Waals surface area contributed by atoms with Crippen LogP contribution in [0.1, 0.15) is 42.1 Å². The van der Waals surface area contributed by atoms with E-state index in [4.69, 9.17) is 0 Å². The van der Waals surface area contributed by atoms with Crippen molar-refractivity contribution in [3.63, 3.8) is 0 Å². The highest BCUT2D eigenvalue weighted by Crippen LogP contribution is 2.23. The summed E-state index contributed by atoms with van der Waals surface area (Å²) in [5.41, 5.74) is 0. The standard InChI is InChI=1S/C10H16N4O/c1-7-11-9(13-12-7)10(15)14(2)8-5-3-4-6-8/h8H,3-6H2,1-2H3,(H,11,12,13). The lowest BCUT2D eigenvalue weighted by molar-refractivity contribution is 0.0723. The Morgan fingerprint density at radius 3 is 2.67 bits per heavy atom. The van der Waals surface area contributed by atoms with Gasteiger partial charge in [0.1, 0.15) is 5.82 Å². The number of carbonyl (C=O) groups excluding carboxylic acids is 1. The fourth-order valence-corrected chi connectivity index (χ4v) is 2.05. The summed E-state index contributed by atoms with van der Waals surface area (Å²) >= 11 is 0. The van der Waals surface area contributed by atoms with Crippen LogP contribution in [0.2, 0.25) is 0 Å². The maximum atomic E-state index is 11.9. The van der Waals surface area contributed by atoms with Gasteiger partial charge in [-0.15, -0.1) is 5.10 Å². The molecule has 1 amide bonds. The Kier molecular flexibility index (Phi) is 2.70. The van der Waals surface area contributed by atoms with Gasteiger partial charge in [0.2, 0.25) is 5.82 Å². The molecule has 82 valence electrons. The molecule has 2 rings (SSSR count). The lowest BCUT2D eigenvalue weighted by Gasteiger charge is -2.22. The van der Waals surface area contributed by atoms with Crippen molar-refractivity contribution in [1.29, 1.82) is 0 Å². The lowest BCUT2D eigenvalue weighted by atomic mass is 10.2. The molecule has 5 nitrogen and oxygen atoms in total. The first-order valence-electron chi connectivity index (χ1n) is 5.34. The summed E-state index contributed by atoms with van der Waals surface area (Å²) in [6.07, 6.45) is 4.64. The van der Waals surface area contributed by atoms with Crippen molar-refractivity contribution in [2.75, 3.05) is 7.05 Å². The number of carbonyl (C=O) groups is 1. The van der Waals surface area contributed by atoms with E-state index in [2.05, 4.69) is 15.2 Å². The van der Waals surface area contributed by atoms with Crippen molar-refractivity contribution < 1.29 is 4.79 Å². The largest absolute Gasteiger partial charge is 0.336 e. The fourth-order valence-electron chi connectivity index (χ4n) is 2.05. The summed E-state index contributed by atoms with van der Waals surface area (Å²) in [5.74, 6) is 0.881. The topological polar surface area (TPSA) is 61.9 Å². The van der Waals surface area contributed by atoms with Gasteiger partial charge in [-0.25, -0.2) is 4.98 Å². The number of amides is 1. The Hall–Kier alpha value is -1.39. The molecule has 0 radical (unpaired) electrons. The second-order valence-electron chi connectivity index (χ2n) is 4.10. The Balaban J connectivity index is 2.06. The van der Waals surface area contributed by atoms with Gasteiger partial charge in [0.15, 0.2) is 0 Å². The van der Waals surface area contributed by atoms with Gasteiger partial charge in [-0.05, 0) is 19.8 Å². The zero-order chi connectivity index (χ0) is 10.8. The van der Waals surface area contributed by atoms with E-state index < -0.39 is 0 Å². The zero-order valence-corrected chi connectivity index (χ0v) is 9.16. The van der Waals surface area contributed by atoms with Gasteiger partial charge < -0.3 is 4.90 Å². The third-order valence-corrected chi connectivity index (χ3v) is 2.98. The van der Waals surface area contributed by atoms with Crippen molar-refractivity contribution >= 4 is 5.91 Å². The molecule has 0 aliphatic heterocycles. The number of aryl methyl sites for hydroxylation is 1. The quantitative estimate of drug-likeness (QED) is 0.792. The molecule has 1 aromatic heterocycles. The molecule has 0 bridgehead atoms. The van der Waals surface area contributed by atoms with Crippen LogP contribution in [-0.4, -0.2) is 39.1 Å². The van der Waals surface area contributed by atoms with E-state index in [-0.39, 0.29) is 11.7 Å². The van der Waals surface area contributed by atoms with Crippen molar-refractivity contribution in [3.8, 4) is 0 Å². The number of nitrogens with one attached hydrogen (secondary N) is 1. The van der Waals surface area contributed by atoms with E-state index in [1.807, 2.05) is 7.05 Å². The van der Waals surface area contributed by atoms with Crippen LogP contribution in [0.5, 0.6) is 0 Å². The second-order valence-corrected chi connectivity index (χ2v) is 4.10. The number of nitrogens with zero attached hydrogens (tertiary/aromatic N) is 3. The maximum absolute atomic E-state index is 11.9. The number of aromatic nitrogens is 3. The first kappa shape index (κ1) is 10.1. The first-order valence-corrected chi connectivity index (χ1v) is 5.34. The molecule has 1 fully saturated rings. The summed E-state index contributed by atoms with van der Waals surface area (Å²) in [5, 5.41) is 6.57. The minimum Gasteiger partial charge on any atom is -0.336 e. The third kappa shape index (κ3) is 2.00. The van der Waals surface area contributed by atoms with Gasteiger partial charge >= 0.3 is 0 Å². The summed E-state index contributed by atoms with van der Waals surface area (Å²) in [6.45, 7) is 1.79. The van der Waals surface area contributed by atoms with Gasteiger partial charge in [0, 0.05) is 13.1 Å². The minimum atomic E-state index is -0.0775. The maximum Gasteiger partial charge on any atom is 0.293 e. The van der Waals surface area contributed by atoms with Crippen molar-refractivity contribution in [3.05, 3.63) is 11.6 Å². The highest BCUT2D eigenvalue weighted by molar-refractivity contribution is 5.90. The van der Waals surface area contributed by atoms with E-state index in [9.17, 15) is 4.79 Å². The van der Waals surface area contributed by atoms with Crippen LogP contribution >= 0.6 is 0 Å². The number of hydrogen-bond donors (Lipinski definition) is 1. The number of hydrogen-bond acceptors (Lipinski definition) is 3. The molecule has 0 atom stereocenters. The average molecular weight is 208 g/mol. The van der Waals surface area contributed by atoms with Crippen LogP contribution in [0.4, 0.5) is 0 Å². The van der Waals surface area contributed by atoms with Crippen LogP contribution in [0.3, 0.4) is 0 Å². The molecule has 0 saturated heterocycles. The van der Waals surface area contributed by atoms with E-state index in [1.165, 1.54) is 12.8 Å².